The lowest BCUT2D eigenvalue weighted by Crippen LogP contribution is -2.38. The van der Waals surface area contributed by atoms with E-state index in [2.05, 4.69) is 10.6 Å². The molecule has 0 aromatic heterocycles. The molecule has 1 aliphatic heterocycles. The third kappa shape index (κ3) is 6.13. The van der Waals surface area contributed by atoms with E-state index >= 15 is 0 Å². The Hall–Kier alpha value is -5.19. The molecule has 0 atom stereocenters. The number of benzene rings is 3. The summed E-state index contributed by atoms with van der Waals surface area (Å²) in [6, 6.07) is 17.4. The molecule has 0 aliphatic carbocycles. The molecular weight excluding hydrogens is 492 g/mol. The van der Waals surface area contributed by atoms with E-state index in [9.17, 15) is 24.5 Å². The fourth-order valence-electron chi connectivity index (χ4n) is 3.72. The monoisotopic (exact) mass is 516 g/mol. The smallest absolute Gasteiger partial charge is 0.329 e. The highest BCUT2D eigenvalue weighted by molar-refractivity contribution is 6.16. The predicted molar refractivity (Wildman–Crippen MR) is 138 cm³/mol. The summed E-state index contributed by atoms with van der Waals surface area (Å²) >= 11 is 0. The average Bonchev–Trinajstić information content (AvgIpc) is 3.15. The van der Waals surface area contributed by atoms with Gasteiger partial charge in [0.05, 0.1) is 12.0 Å². The fourth-order valence-corrected chi connectivity index (χ4v) is 3.72. The number of anilines is 1. The Morgan fingerprint density at radius 3 is 2.53 bits per heavy atom. The van der Waals surface area contributed by atoms with Crippen LogP contribution in [0.4, 0.5) is 16.2 Å². The molecule has 0 bridgehead atoms. The van der Waals surface area contributed by atoms with E-state index < -0.39 is 29.3 Å². The third-order valence-electron chi connectivity index (χ3n) is 5.61. The van der Waals surface area contributed by atoms with Crippen LogP contribution in [0.15, 0.2) is 72.4 Å². The molecule has 4 rings (SSSR count). The van der Waals surface area contributed by atoms with Crippen LogP contribution in [-0.2, 0) is 16.2 Å². The Balaban J connectivity index is 1.41. The first-order valence-corrected chi connectivity index (χ1v) is 11.5. The number of nitrogens with one attached hydrogen (secondary N) is 2. The molecular formula is C27H24N4O7. The van der Waals surface area contributed by atoms with Crippen molar-refractivity contribution in [2.45, 2.75) is 13.5 Å². The van der Waals surface area contributed by atoms with E-state index in [1.165, 1.54) is 25.3 Å². The van der Waals surface area contributed by atoms with Gasteiger partial charge in [-0.25, -0.2) is 9.69 Å². The number of non-ortho nitro benzene ring substituents is 1. The van der Waals surface area contributed by atoms with Crippen molar-refractivity contribution < 1.29 is 28.8 Å². The summed E-state index contributed by atoms with van der Waals surface area (Å²) < 4.78 is 11.2. The Kier molecular flexibility index (Phi) is 7.66. The molecule has 0 saturated carbocycles. The van der Waals surface area contributed by atoms with Crippen LogP contribution in [0.25, 0.3) is 6.08 Å². The van der Waals surface area contributed by atoms with Crippen LogP contribution in [-0.4, -0.2) is 41.3 Å². The lowest BCUT2D eigenvalue weighted by atomic mass is 10.1. The number of nitro groups is 1. The molecule has 0 spiro atoms. The molecule has 11 nitrogen and oxygen atoms in total. The second-order valence-electron chi connectivity index (χ2n) is 8.42. The predicted octanol–water partition coefficient (Wildman–Crippen LogP) is 4.02. The number of carbonyl (C=O) groups is 3. The van der Waals surface area contributed by atoms with Crippen molar-refractivity contribution in [2.75, 3.05) is 19.0 Å². The lowest BCUT2D eigenvalue weighted by molar-refractivity contribution is -0.384. The number of imide groups is 1. The molecule has 1 heterocycles. The summed E-state index contributed by atoms with van der Waals surface area (Å²) in [5.74, 6) is -0.333. The minimum atomic E-state index is -0.698. The molecule has 1 fully saturated rings. The number of hydrogen-bond acceptors (Lipinski definition) is 7. The van der Waals surface area contributed by atoms with Crippen LogP contribution >= 0.6 is 0 Å². The minimum absolute atomic E-state index is 0.0113. The number of rotatable bonds is 9. The number of hydrogen-bond donors (Lipinski definition) is 2. The van der Waals surface area contributed by atoms with Gasteiger partial charge in [-0.2, -0.15) is 0 Å². The highest BCUT2D eigenvalue weighted by atomic mass is 16.6. The van der Waals surface area contributed by atoms with Gasteiger partial charge in [0.2, 0.25) is 5.91 Å². The number of nitro benzene ring substituents is 1. The Bertz CT molecular complexity index is 1430. The highest BCUT2D eigenvalue weighted by Crippen LogP contribution is 2.30. The Labute approximate surface area is 217 Å². The van der Waals surface area contributed by atoms with Crippen LogP contribution in [0, 0.1) is 17.0 Å². The van der Waals surface area contributed by atoms with Crippen LogP contribution in [0.2, 0.25) is 0 Å². The molecule has 1 saturated heterocycles. The van der Waals surface area contributed by atoms with Crippen molar-refractivity contribution in [3.8, 4) is 11.5 Å². The van der Waals surface area contributed by atoms with E-state index in [0.29, 0.717) is 22.7 Å². The minimum Gasteiger partial charge on any atom is -0.493 e. The van der Waals surface area contributed by atoms with Crippen molar-refractivity contribution in [1.82, 2.24) is 10.2 Å². The first-order valence-electron chi connectivity index (χ1n) is 11.5. The maximum Gasteiger partial charge on any atom is 0.329 e. The van der Waals surface area contributed by atoms with Crippen molar-refractivity contribution in [3.05, 3.63) is 99.2 Å². The van der Waals surface area contributed by atoms with Gasteiger partial charge in [-0.15, -0.1) is 0 Å². The van der Waals surface area contributed by atoms with Gasteiger partial charge in [0.15, 0.2) is 11.5 Å². The SMILES string of the molecule is COc1cc(C=C2NC(=O)N(CC(=O)Nc3cccc(C)c3)C2=O)ccc1OCc1ccc([N+](=O)[O-])cc1. The van der Waals surface area contributed by atoms with Gasteiger partial charge in [0, 0.05) is 17.8 Å². The van der Waals surface area contributed by atoms with Gasteiger partial charge in [0.1, 0.15) is 18.8 Å². The van der Waals surface area contributed by atoms with Crippen LogP contribution in [0.1, 0.15) is 16.7 Å². The van der Waals surface area contributed by atoms with Crippen molar-refractivity contribution in [1.29, 1.82) is 0 Å². The van der Waals surface area contributed by atoms with E-state index in [1.54, 1.807) is 48.5 Å². The van der Waals surface area contributed by atoms with Gasteiger partial charge < -0.3 is 20.1 Å². The largest absolute Gasteiger partial charge is 0.493 e. The summed E-state index contributed by atoms with van der Waals surface area (Å²) in [5, 5.41) is 16.0. The van der Waals surface area contributed by atoms with Crippen molar-refractivity contribution >= 4 is 35.3 Å². The van der Waals surface area contributed by atoms with Gasteiger partial charge in [-0.1, -0.05) is 18.2 Å². The molecule has 0 unspecified atom stereocenters. The van der Waals surface area contributed by atoms with Crippen molar-refractivity contribution in [2.24, 2.45) is 0 Å². The summed E-state index contributed by atoms with van der Waals surface area (Å²) in [6.45, 7) is 1.61. The zero-order chi connectivity index (χ0) is 27.2. The quantitative estimate of drug-likeness (QED) is 0.189. The van der Waals surface area contributed by atoms with E-state index in [-0.39, 0.29) is 18.0 Å². The Morgan fingerprint density at radius 1 is 1.08 bits per heavy atom. The van der Waals surface area contributed by atoms with Crippen LogP contribution in [0.5, 0.6) is 11.5 Å². The number of amides is 4. The molecule has 11 heteroatoms. The summed E-state index contributed by atoms with van der Waals surface area (Å²) in [4.78, 5) is 48.7. The zero-order valence-electron chi connectivity index (χ0n) is 20.6. The highest BCUT2D eigenvalue weighted by Gasteiger charge is 2.35. The molecule has 4 amide bonds. The Morgan fingerprint density at radius 2 is 1.84 bits per heavy atom. The van der Waals surface area contributed by atoms with Gasteiger partial charge >= 0.3 is 6.03 Å². The topological polar surface area (TPSA) is 140 Å². The number of urea groups is 1. The van der Waals surface area contributed by atoms with E-state index in [4.69, 9.17) is 9.47 Å². The second-order valence-corrected chi connectivity index (χ2v) is 8.42. The molecule has 38 heavy (non-hydrogen) atoms. The number of nitrogens with zero attached hydrogens (tertiary/aromatic N) is 2. The van der Waals surface area contributed by atoms with E-state index in [0.717, 1.165) is 16.0 Å². The van der Waals surface area contributed by atoms with Crippen LogP contribution < -0.4 is 20.1 Å². The molecule has 3 aromatic carbocycles. The number of carbonyl (C=O) groups excluding carboxylic acids is 3. The summed E-state index contributed by atoms with van der Waals surface area (Å²) in [6.07, 6.45) is 1.47. The zero-order valence-corrected chi connectivity index (χ0v) is 20.6. The summed E-state index contributed by atoms with van der Waals surface area (Å²) in [5.41, 5.74) is 2.82. The van der Waals surface area contributed by atoms with Gasteiger partial charge in [0.25, 0.3) is 11.6 Å². The molecule has 3 aromatic rings. The number of ether oxygens (including phenoxy) is 2. The lowest BCUT2D eigenvalue weighted by Gasteiger charge is -2.12. The van der Waals surface area contributed by atoms with Crippen LogP contribution in [0.3, 0.4) is 0 Å². The standard InChI is InChI=1S/C27H24N4O7/c1-17-4-3-5-20(12-17)28-25(32)15-30-26(33)22(29-27(30)34)13-19-8-11-23(24(14-19)37-2)38-16-18-6-9-21(10-7-18)31(35)36/h3-14H,15-16H2,1-2H3,(H,28,32)(H,29,34). The normalized spacial score (nSPS) is 13.8. The third-order valence-corrected chi connectivity index (χ3v) is 5.61. The summed E-state index contributed by atoms with van der Waals surface area (Å²) in [7, 11) is 1.46. The first kappa shape index (κ1) is 25.9. The second kappa shape index (κ2) is 11.2. The number of aryl methyl sites for hydroxylation is 1. The van der Waals surface area contributed by atoms with Gasteiger partial charge in [-0.3, -0.25) is 19.7 Å². The fraction of sp³-hybridized carbons (Fsp3) is 0.148. The molecule has 194 valence electrons. The maximum atomic E-state index is 12.8. The number of methoxy groups -OCH3 is 1. The molecule has 1 aliphatic rings. The molecule has 2 N–H and O–H groups in total. The molecule has 0 radical (unpaired) electrons. The average molecular weight is 517 g/mol. The maximum absolute atomic E-state index is 12.8. The van der Waals surface area contributed by atoms with Gasteiger partial charge in [-0.05, 0) is 66.1 Å². The van der Waals surface area contributed by atoms with Crippen molar-refractivity contribution in [3.63, 3.8) is 0 Å². The van der Waals surface area contributed by atoms with E-state index in [1.807, 2.05) is 13.0 Å². The first-order chi connectivity index (χ1) is 18.2.